The quantitative estimate of drug-likeness (QED) is 0.507. The van der Waals surface area contributed by atoms with Crippen LogP contribution in [0.1, 0.15) is 6.92 Å². The molecule has 0 amide bonds. The van der Waals surface area contributed by atoms with E-state index in [-0.39, 0.29) is 0 Å². The van der Waals surface area contributed by atoms with Crippen molar-refractivity contribution in [3.05, 3.63) is 0 Å². The first-order valence-corrected chi connectivity index (χ1v) is 2.93. The minimum atomic E-state index is -2.02. The maximum absolute atomic E-state index is 10.9. The average molecular weight is 157 g/mol. The summed E-state index contributed by atoms with van der Waals surface area (Å²) in [5.74, 6) is -0.831. The van der Waals surface area contributed by atoms with E-state index in [0.29, 0.717) is 0 Å². The van der Waals surface area contributed by atoms with Crippen molar-refractivity contribution in [3.8, 4) is 0 Å². The van der Waals surface area contributed by atoms with E-state index in [1.807, 2.05) is 0 Å². The van der Waals surface area contributed by atoms with Gasteiger partial charge in [-0.05, 0) is 12.1 Å². The molecule has 0 radical (unpaired) electrons. The molecule has 1 aliphatic heterocycles. The fourth-order valence-electron chi connectivity index (χ4n) is 0.657. The zero-order valence-electron chi connectivity index (χ0n) is 5.80. The van der Waals surface area contributed by atoms with Crippen LogP contribution in [-0.2, 0) is 4.79 Å². The summed E-state index contributed by atoms with van der Waals surface area (Å²) in [6.45, 7) is 1.40. The second-order valence-corrected chi connectivity index (χ2v) is 2.32. The molecule has 0 fully saturated rings. The lowest BCUT2D eigenvalue weighted by Gasteiger charge is -2.13. The largest absolute Gasteiger partial charge is 0.362 e. The van der Waals surface area contributed by atoms with Gasteiger partial charge in [-0.15, -0.1) is 10.2 Å². The number of hydrogen-bond donors (Lipinski definition) is 2. The van der Waals surface area contributed by atoms with E-state index in [1.54, 1.807) is 0 Å². The molecule has 0 aromatic heterocycles. The van der Waals surface area contributed by atoms with Crippen LogP contribution in [0.4, 0.5) is 0 Å². The van der Waals surface area contributed by atoms with Crippen LogP contribution in [0.25, 0.3) is 0 Å². The Morgan fingerprint density at radius 1 is 1.64 bits per heavy atom. The summed E-state index contributed by atoms with van der Waals surface area (Å²) < 4.78 is 0. The Hall–Kier alpha value is -1.14. The number of hydrogen-bond acceptors (Lipinski definition) is 6. The van der Waals surface area contributed by atoms with Gasteiger partial charge < -0.3 is 10.2 Å². The second kappa shape index (κ2) is 2.48. The standard InChI is InChI=1S/C5H7N3O3/c1-5(2-6-8-7-5)3(9)4(10)11/h2,4,10-11H,1H3. The number of nitrogens with zero attached hydrogens (tertiary/aromatic N) is 3. The summed E-state index contributed by atoms with van der Waals surface area (Å²) in [7, 11) is 0. The zero-order chi connectivity index (χ0) is 8.48. The van der Waals surface area contributed by atoms with E-state index in [1.165, 1.54) is 6.92 Å². The molecule has 0 aliphatic carbocycles. The van der Waals surface area contributed by atoms with Crippen molar-refractivity contribution in [2.24, 2.45) is 15.4 Å². The highest BCUT2D eigenvalue weighted by Gasteiger charge is 2.37. The lowest BCUT2D eigenvalue weighted by atomic mass is 9.99. The first-order valence-electron chi connectivity index (χ1n) is 2.93. The summed E-state index contributed by atoms with van der Waals surface area (Å²) in [5, 5.41) is 26.9. The van der Waals surface area contributed by atoms with E-state index in [0.717, 1.165) is 6.21 Å². The Bertz CT molecular complexity index is 221. The van der Waals surface area contributed by atoms with Gasteiger partial charge in [0.2, 0.25) is 12.1 Å². The number of rotatable bonds is 2. The first kappa shape index (κ1) is 7.96. The molecule has 0 aromatic rings. The average Bonchev–Trinajstić information content (AvgIpc) is 2.35. The van der Waals surface area contributed by atoms with Crippen LogP contribution in [0.3, 0.4) is 0 Å². The van der Waals surface area contributed by atoms with Gasteiger partial charge in [0.1, 0.15) is 0 Å². The molecular weight excluding hydrogens is 150 g/mol. The Morgan fingerprint density at radius 2 is 2.27 bits per heavy atom. The van der Waals surface area contributed by atoms with Crippen molar-refractivity contribution in [1.82, 2.24) is 0 Å². The number of Topliss-reactive ketones (excluding diaryl/α,β-unsaturated/α-hetero) is 1. The number of carbonyl (C=O) groups excluding carboxylic acids is 1. The molecule has 1 unspecified atom stereocenters. The molecule has 0 aromatic carbocycles. The van der Waals surface area contributed by atoms with Crippen molar-refractivity contribution in [1.29, 1.82) is 0 Å². The van der Waals surface area contributed by atoms with Crippen molar-refractivity contribution in [2.75, 3.05) is 0 Å². The lowest BCUT2D eigenvalue weighted by molar-refractivity contribution is -0.147. The second-order valence-electron chi connectivity index (χ2n) is 2.32. The predicted octanol–water partition coefficient (Wildman–Crippen LogP) is -0.924. The van der Waals surface area contributed by atoms with Crippen molar-refractivity contribution >= 4 is 12.0 Å². The SMILES string of the molecule is CC1(C(=O)C(O)O)C=NN=N1. The molecule has 0 bridgehead atoms. The summed E-state index contributed by atoms with van der Waals surface area (Å²) in [4.78, 5) is 10.9. The Labute approximate surface area is 62.3 Å². The molecule has 0 spiro atoms. The summed E-state index contributed by atoms with van der Waals surface area (Å²) in [6.07, 6.45) is -0.863. The van der Waals surface area contributed by atoms with Gasteiger partial charge in [0.05, 0.1) is 6.21 Å². The van der Waals surface area contributed by atoms with Crippen LogP contribution in [0.15, 0.2) is 15.4 Å². The molecule has 1 atom stereocenters. The minimum Gasteiger partial charge on any atom is -0.362 e. The monoisotopic (exact) mass is 157 g/mol. The summed E-state index contributed by atoms with van der Waals surface area (Å²) in [6, 6.07) is 0. The van der Waals surface area contributed by atoms with E-state index >= 15 is 0 Å². The summed E-state index contributed by atoms with van der Waals surface area (Å²) >= 11 is 0. The number of aliphatic hydroxyl groups is 2. The Balaban J connectivity index is 2.82. The summed E-state index contributed by atoms with van der Waals surface area (Å²) in [5.41, 5.74) is -1.30. The van der Waals surface area contributed by atoms with Crippen LogP contribution in [0.2, 0.25) is 0 Å². The smallest absolute Gasteiger partial charge is 0.222 e. The van der Waals surface area contributed by atoms with Gasteiger partial charge in [-0.3, -0.25) is 4.79 Å². The highest BCUT2D eigenvalue weighted by Crippen LogP contribution is 2.15. The molecule has 1 aliphatic rings. The van der Waals surface area contributed by atoms with Crippen molar-refractivity contribution in [2.45, 2.75) is 18.8 Å². The number of ketones is 1. The normalized spacial score (nSPS) is 28.4. The van der Waals surface area contributed by atoms with Crippen LogP contribution < -0.4 is 0 Å². The molecule has 1 heterocycles. The van der Waals surface area contributed by atoms with Gasteiger partial charge in [0.15, 0.2) is 5.54 Å². The van der Waals surface area contributed by atoms with Gasteiger partial charge in [-0.2, -0.15) is 0 Å². The third kappa shape index (κ3) is 1.31. The van der Waals surface area contributed by atoms with Crippen LogP contribution in [0.5, 0.6) is 0 Å². The molecule has 6 heteroatoms. The predicted molar refractivity (Wildman–Crippen MR) is 35.0 cm³/mol. The van der Waals surface area contributed by atoms with Crippen molar-refractivity contribution in [3.63, 3.8) is 0 Å². The Kier molecular flexibility index (Phi) is 1.79. The fourth-order valence-corrected chi connectivity index (χ4v) is 0.657. The Morgan fingerprint density at radius 3 is 2.64 bits per heavy atom. The molecule has 60 valence electrons. The van der Waals surface area contributed by atoms with Gasteiger partial charge in [-0.1, -0.05) is 0 Å². The van der Waals surface area contributed by atoms with Gasteiger partial charge in [-0.25, -0.2) is 0 Å². The molecule has 6 nitrogen and oxygen atoms in total. The molecule has 11 heavy (non-hydrogen) atoms. The maximum atomic E-state index is 10.9. The lowest BCUT2D eigenvalue weighted by Crippen LogP contribution is -2.41. The third-order valence-corrected chi connectivity index (χ3v) is 1.35. The van der Waals surface area contributed by atoms with Gasteiger partial charge >= 0.3 is 0 Å². The first-order chi connectivity index (χ1) is 5.06. The van der Waals surface area contributed by atoms with Gasteiger partial charge in [0, 0.05) is 0 Å². The highest BCUT2D eigenvalue weighted by molar-refractivity contribution is 6.05. The van der Waals surface area contributed by atoms with Crippen LogP contribution >= 0.6 is 0 Å². The molecule has 1 rings (SSSR count). The zero-order valence-corrected chi connectivity index (χ0v) is 5.80. The van der Waals surface area contributed by atoms with E-state index < -0.39 is 17.6 Å². The van der Waals surface area contributed by atoms with E-state index in [4.69, 9.17) is 10.2 Å². The molecular formula is C5H7N3O3. The minimum absolute atomic E-state index is 0.831. The van der Waals surface area contributed by atoms with Crippen LogP contribution in [0, 0.1) is 0 Å². The van der Waals surface area contributed by atoms with E-state index in [9.17, 15) is 4.79 Å². The third-order valence-electron chi connectivity index (χ3n) is 1.35. The number of carbonyl (C=O) groups is 1. The van der Waals surface area contributed by atoms with Gasteiger partial charge in [0.25, 0.3) is 0 Å². The topological polar surface area (TPSA) is 94.6 Å². The molecule has 0 saturated carbocycles. The number of aliphatic hydroxyl groups excluding tert-OH is 1. The van der Waals surface area contributed by atoms with Crippen LogP contribution in [-0.4, -0.2) is 34.0 Å². The maximum Gasteiger partial charge on any atom is 0.222 e. The van der Waals surface area contributed by atoms with Crippen molar-refractivity contribution < 1.29 is 15.0 Å². The fraction of sp³-hybridized carbons (Fsp3) is 0.600. The highest BCUT2D eigenvalue weighted by atomic mass is 16.5. The van der Waals surface area contributed by atoms with E-state index in [2.05, 4.69) is 15.4 Å². The molecule has 2 N–H and O–H groups in total. The molecule has 0 saturated heterocycles.